The average Bonchev–Trinajstić information content (AvgIpc) is 2.41. The smallest absolute Gasteiger partial charge is 0.144 e. The van der Waals surface area contributed by atoms with Crippen LogP contribution in [0.15, 0.2) is 34.9 Å². The van der Waals surface area contributed by atoms with Gasteiger partial charge in [-0.25, -0.2) is 4.98 Å². The second kappa shape index (κ2) is 7.11. The van der Waals surface area contributed by atoms with Crippen LogP contribution in [-0.4, -0.2) is 22.8 Å². The van der Waals surface area contributed by atoms with Gasteiger partial charge in [0.15, 0.2) is 0 Å². The van der Waals surface area contributed by atoms with Crippen LogP contribution in [0.3, 0.4) is 0 Å². The summed E-state index contributed by atoms with van der Waals surface area (Å²) >= 11 is 9.50. The molecule has 0 radical (unpaired) electrons. The number of aromatic nitrogens is 1. The van der Waals surface area contributed by atoms with E-state index in [2.05, 4.69) is 26.2 Å². The summed E-state index contributed by atoms with van der Waals surface area (Å²) < 4.78 is 6.43. The van der Waals surface area contributed by atoms with E-state index in [0.717, 1.165) is 10.0 Å². The van der Waals surface area contributed by atoms with Crippen LogP contribution in [0.1, 0.15) is 12.5 Å². The maximum absolute atomic E-state index is 9.33. The highest BCUT2D eigenvalue weighted by molar-refractivity contribution is 9.10. The van der Waals surface area contributed by atoms with Crippen LogP contribution in [0.5, 0.6) is 5.75 Å². The third kappa shape index (κ3) is 4.59. The van der Waals surface area contributed by atoms with Gasteiger partial charge in [-0.05, 0) is 59.6 Å². The van der Waals surface area contributed by atoms with Crippen molar-refractivity contribution in [3.8, 4) is 5.75 Å². The van der Waals surface area contributed by atoms with Crippen LogP contribution >= 0.6 is 27.5 Å². The minimum absolute atomic E-state index is 0.207. The molecule has 0 bridgehead atoms. The number of anilines is 2. The summed E-state index contributed by atoms with van der Waals surface area (Å²) in [5, 5.41) is 13.1. The molecule has 4 nitrogen and oxygen atoms in total. The Morgan fingerprint density at radius 1 is 1.43 bits per heavy atom. The molecule has 0 fully saturated rings. The van der Waals surface area contributed by atoms with Crippen LogP contribution in [-0.2, 0) is 0 Å². The zero-order chi connectivity index (χ0) is 15.4. The number of rotatable bonds is 5. The lowest BCUT2D eigenvalue weighted by Gasteiger charge is -2.15. The van der Waals surface area contributed by atoms with Gasteiger partial charge in [-0.3, -0.25) is 0 Å². The molecule has 0 aliphatic heterocycles. The summed E-state index contributed by atoms with van der Waals surface area (Å²) in [6.45, 7) is 3.85. The Kier molecular flexibility index (Phi) is 5.45. The molecule has 0 unspecified atom stereocenters. The van der Waals surface area contributed by atoms with Gasteiger partial charge in [0.05, 0.1) is 16.3 Å². The van der Waals surface area contributed by atoms with E-state index < -0.39 is 6.10 Å². The van der Waals surface area contributed by atoms with E-state index in [4.69, 9.17) is 16.3 Å². The molecule has 0 aliphatic carbocycles. The molecule has 1 aromatic carbocycles. The molecule has 2 N–H and O–H groups in total. The average molecular weight is 372 g/mol. The van der Waals surface area contributed by atoms with E-state index in [1.807, 2.05) is 13.0 Å². The molecule has 2 rings (SSSR count). The molecule has 1 atom stereocenters. The van der Waals surface area contributed by atoms with Gasteiger partial charge in [-0.2, -0.15) is 0 Å². The number of benzene rings is 1. The standard InChI is InChI=1S/C15H16BrClN2O2/c1-9-5-12(16)15(18-7-9)19-13-6-11(17)3-4-14(13)21-8-10(2)20/h3-7,10,20H,8H2,1-2H3,(H,18,19)/t10-/m0/s1. The normalized spacial score (nSPS) is 12.0. The number of hydrogen-bond donors (Lipinski definition) is 2. The van der Waals surface area contributed by atoms with E-state index in [0.29, 0.717) is 22.3 Å². The van der Waals surface area contributed by atoms with E-state index in [1.54, 1.807) is 31.3 Å². The topological polar surface area (TPSA) is 54.4 Å². The number of aliphatic hydroxyl groups is 1. The molecule has 0 saturated carbocycles. The highest BCUT2D eigenvalue weighted by Gasteiger charge is 2.09. The molecular formula is C15H16BrClN2O2. The molecule has 1 heterocycles. The maximum Gasteiger partial charge on any atom is 0.144 e. The first-order valence-corrected chi connectivity index (χ1v) is 7.62. The lowest BCUT2D eigenvalue weighted by molar-refractivity contribution is 0.123. The highest BCUT2D eigenvalue weighted by atomic mass is 79.9. The van der Waals surface area contributed by atoms with Gasteiger partial charge in [0.25, 0.3) is 0 Å². The number of nitrogens with zero attached hydrogens (tertiary/aromatic N) is 1. The van der Waals surface area contributed by atoms with Gasteiger partial charge in [0.1, 0.15) is 18.2 Å². The summed E-state index contributed by atoms with van der Waals surface area (Å²) in [6, 6.07) is 7.22. The van der Waals surface area contributed by atoms with Crippen molar-refractivity contribution in [1.82, 2.24) is 4.98 Å². The SMILES string of the molecule is Cc1cnc(Nc2cc(Cl)ccc2OC[C@H](C)O)c(Br)c1. The Hall–Kier alpha value is -1.30. The zero-order valence-corrected chi connectivity index (χ0v) is 14.1. The van der Waals surface area contributed by atoms with E-state index in [-0.39, 0.29) is 6.61 Å². The first-order chi connectivity index (χ1) is 9.95. The van der Waals surface area contributed by atoms with Gasteiger partial charge in [-0.15, -0.1) is 0 Å². The van der Waals surface area contributed by atoms with Gasteiger partial charge in [0.2, 0.25) is 0 Å². The summed E-state index contributed by atoms with van der Waals surface area (Å²) in [7, 11) is 0. The number of nitrogens with one attached hydrogen (secondary N) is 1. The number of aryl methyl sites for hydroxylation is 1. The zero-order valence-electron chi connectivity index (χ0n) is 11.7. The van der Waals surface area contributed by atoms with Crippen molar-refractivity contribution in [1.29, 1.82) is 0 Å². The fourth-order valence-corrected chi connectivity index (χ4v) is 2.42. The van der Waals surface area contributed by atoms with Crippen molar-refractivity contribution in [2.75, 3.05) is 11.9 Å². The van der Waals surface area contributed by atoms with Gasteiger partial charge in [-0.1, -0.05) is 11.6 Å². The van der Waals surface area contributed by atoms with Crippen molar-refractivity contribution in [2.45, 2.75) is 20.0 Å². The summed E-state index contributed by atoms with van der Waals surface area (Å²) in [5.41, 5.74) is 1.75. The summed E-state index contributed by atoms with van der Waals surface area (Å²) in [5.74, 6) is 1.28. The third-order valence-corrected chi connectivity index (χ3v) is 3.49. The molecular weight excluding hydrogens is 356 g/mol. The van der Waals surface area contributed by atoms with E-state index >= 15 is 0 Å². The minimum atomic E-state index is -0.544. The van der Waals surface area contributed by atoms with Gasteiger partial charge >= 0.3 is 0 Å². The second-order valence-electron chi connectivity index (χ2n) is 4.77. The van der Waals surface area contributed by atoms with Crippen LogP contribution in [0.2, 0.25) is 5.02 Å². The molecule has 0 saturated heterocycles. The van der Waals surface area contributed by atoms with Crippen LogP contribution < -0.4 is 10.1 Å². The van der Waals surface area contributed by atoms with Crippen molar-refractivity contribution in [3.63, 3.8) is 0 Å². The van der Waals surface area contributed by atoms with Gasteiger partial charge in [0, 0.05) is 11.2 Å². The van der Waals surface area contributed by atoms with E-state index in [9.17, 15) is 5.11 Å². The third-order valence-electron chi connectivity index (χ3n) is 2.65. The number of ether oxygens (including phenoxy) is 1. The quantitative estimate of drug-likeness (QED) is 0.822. The second-order valence-corrected chi connectivity index (χ2v) is 6.06. The van der Waals surface area contributed by atoms with Crippen molar-refractivity contribution < 1.29 is 9.84 Å². The number of pyridine rings is 1. The molecule has 112 valence electrons. The molecule has 6 heteroatoms. The van der Waals surface area contributed by atoms with Crippen molar-refractivity contribution in [2.24, 2.45) is 0 Å². The fraction of sp³-hybridized carbons (Fsp3) is 0.267. The molecule has 21 heavy (non-hydrogen) atoms. The Morgan fingerprint density at radius 2 is 2.19 bits per heavy atom. The Labute approximate surface area is 137 Å². The molecule has 0 spiro atoms. The minimum Gasteiger partial charge on any atom is -0.489 e. The first kappa shape index (κ1) is 16.1. The maximum atomic E-state index is 9.33. The van der Waals surface area contributed by atoms with Gasteiger partial charge < -0.3 is 15.2 Å². The Balaban J connectivity index is 2.27. The Morgan fingerprint density at radius 3 is 2.86 bits per heavy atom. The molecule has 0 amide bonds. The van der Waals surface area contributed by atoms with Crippen molar-refractivity contribution >= 4 is 39.0 Å². The molecule has 2 aromatic rings. The predicted molar refractivity (Wildman–Crippen MR) is 88.6 cm³/mol. The van der Waals surface area contributed by atoms with Crippen LogP contribution in [0.4, 0.5) is 11.5 Å². The van der Waals surface area contributed by atoms with Crippen LogP contribution in [0, 0.1) is 6.92 Å². The number of halogens is 2. The lowest BCUT2D eigenvalue weighted by Crippen LogP contribution is -2.13. The number of hydrogen-bond acceptors (Lipinski definition) is 4. The summed E-state index contributed by atoms with van der Waals surface area (Å²) in [4.78, 5) is 4.33. The van der Waals surface area contributed by atoms with Crippen LogP contribution in [0.25, 0.3) is 0 Å². The largest absolute Gasteiger partial charge is 0.489 e. The summed E-state index contributed by atoms with van der Waals surface area (Å²) in [6.07, 6.45) is 1.23. The van der Waals surface area contributed by atoms with E-state index in [1.165, 1.54) is 0 Å². The van der Waals surface area contributed by atoms with Crippen molar-refractivity contribution in [3.05, 3.63) is 45.5 Å². The number of aliphatic hydroxyl groups excluding tert-OH is 1. The lowest BCUT2D eigenvalue weighted by atomic mass is 10.2. The monoisotopic (exact) mass is 370 g/mol. The first-order valence-electron chi connectivity index (χ1n) is 6.45. The predicted octanol–water partition coefficient (Wildman–Crippen LogP) is 4.31. The highest BCUT2D eigenvalue weighted by Crippen LogP contribution is 2.32. The fourth-order valence-electron chi connectivity index (χ4n) is 1.69. The molecule has 0 aliphatic rings. The Bertz CT molecular complexity index is 635. The molecule has 1 aromatic heterocycles.